The van der Waals surface area contributed by atoms with Crippen LogP contribution in [0.1, 0.15) is 30.9 Å². The molecule has 96 valence electrons. The lowest BCUT2D eigenvalue weighted by molar-refractivity contribution is 0.0347. The molecule has 1 N–H and O–H groups in total. The first-order chi connectivity index (χ1) is 8.80. The Morgan fingerprint density at radius 3 is 2.83 bits per heavy atom. The molecule has 0 bridgehead atoms. The number of aliphatic hydroxyl groups is 1. The van der Waals surface area contributed by atoms with Crippen molar-refractivity contribution in [1.29, 1.82) is 0 Å². The smallest absolute Gasteiger partial charge is 0.0833 e. The molecule has 2 unspecified atom stereocenters. The molecule has 1 aromatic rings. The number of hydrogen-bond donors (Lipinski definition) is 1. The van der Waals surface area contributed by atoms with Gasteiger partial charge in [0.1, 0.15) is 0 Å². The Kier molecular flexibility index (Phi) is 4.34. The normalized spacial score (nSPS) is 24.2. The molecule has 2 nitrogen and oxygen atoms in total. The van der Waals surface area contributed by atoms with Gasteiger partial charge < -0.3 is 9.84 Å². The van der Waals surface area contributed by atoms with E-state index in [4.69, 9.17) is 9.84 Å². The van der Waals surface area contributed by atoms with E-state index >= 15 is 0 Å². The average Bonchev–Trinajstić information content (AvgIpc) is 2.89. The van der Waals surface area contributed by atoms with E-state index in [-0.39, 0.29) is 18.8 Å². The van der Waals surface area contributed by atoms with Gasteiger partial charge in [-0.1, -0.05) is 43.0 Å². The molecule has 1 heterocycles. The minimum atomic E-state index is -0.0131. The Hall–Kier alpha value is -1.38. The molecule has 0 aliphatic carbocycles. The first-order valence-electron chi connectivity index (χ1n) is 6.44. The molecule has 0 amide bonds. The average molecular weight is 244 g/mol. The highest BCUT2D eigenvalue weighted by atomic mass is 16.5. The van der Waals surface area contributed by atoms with E-state index in [9.17, 15) is 0 Å². The first kappa shape index (κ1) is 13.1. The molecule has 2 heteroatoms. The van der Waals surface area contributed by atoms with E-state index < -0.39 is 0 Å². The van der Waals surface area contributed by atoms with Gasteiger partial charge in [0.15, 0.2) is 0 Å². The van der Waals surface area contributed by atoms with Crippen molar-refractivity contribution in [3.63, 3.8) is 0 Å². The van der Waals surface area contributed by atoms with Gasteiger partial charge in [-0.2, -0.15) is 0 Å². The summed E-state index contributed by atoms with van der Waals surface area (Å²) in [5, 5.41) is 9.15. The Labute approximate surface area is 109 Å². The summed E-state index contributed by atoms with van der Waals surface area (Å²) in [5.74, 6) is 0. The third-order valence-corrected chi connectivity index (χ3v) is 3.46. The summed E-state index contributed by atoms with van der Waals surface area (Å²) >= 11 is 0. The van der Waals surface area contributed by atoms with Gasteiger partial charge in [0.2, 0.25) is 0 Å². The Bertz CT molecular complexity index is 448. The molecule has 18 heavy (non-hydrogen) atoms. The fraction of sp³-hybridized carbons (Fsp3) is 0.375. The second-order valence-electron chi connectivity index (χ2n) is 4.54. The molecule has 0 spiro atoms. The second-order valence-corrected chi connectivity index (χ2v) is 4.54. The summed E-state index contributed by atoms with van der Waals surface area (Å²) in [6.07, 6.45) is 5.95. The molecule has 1 aromatic carbocycles. The van der Waals surface area contributed by atoms with Gasteiger partial charge in [-0.3, -0.25) is 0 Å². The van der Waals surface area contributed by atoms with E-state index in [0.29, 0.717) is 0 Å². The zero-order chi connectivity index (χ0) is 13.0. The molecule has 0 saturated carbocycles. The van der Waals surface area contributed by atoms with Crippen LogP contribution in [0.3, 0.4) is 0 Å². The van der Waals surface area contributed by atoms with Crippen LogP contribution >= 0.6 is 0 Å². The largest absolute Gasteiger partial charge is 0.394 e. The van der Waals surface area contributed by atoms with Crippen LogP contribution in [-0.2, 0) is 4.74 Å². The van der Waals surface area contributed by atoms with Crippen molar-refractivity contribution in [3.05, 3.63) is 48.0 Å². The quantitative estimate of drug-likeness (QED) is 0.880. The fourth-order valence-electron chi connectivity index (χ4n) is 2.52. The van der Waals surface area contributed by atoms with Crippen LogP contribution in [0.2, 0.25) is 0 Å². The third-order valence-electron chi connectivity index (χ3n) is 3.46. The molecule has 1 saturated heterocycles. The van der Waals surface area contributed by atoms with Crippen molar-refractivity contribution in [3.8, 4) is 0 Å². The summed E-state index contributed by atoms with van der Waals surface area (Å²) in [6.45, 7) is 6.00. The zero-order valence-corrected chi connectivity index (χ0v) is 10.8. The van der Waals surface area contributed by atoms with Crippen molar-refractivity contribution in [1.82, 2.24) is 0 Å². The summed E-state index contributed by atoms with van der Waals surface area (Å²) in [5.41, 5.74) is 3.50. The van der Waals surface area contributed by atoms with Gasteiger partial charge in [0, 0.05) is 0 Å². The highest BCUT2D eigenvalue weighted by molar-refractivity contribution is 5.76. The van der Waals surface area contributed by atoms with Crippen molar-refractivity contribution < 1.29 is 9.84 Å². The summed E-state index contributed by atoms with van der Waals surface area (Å²) in [7, 11) is 0. The van der Waals surface area contributed by atoms with Gasteiger partial charge in [0.05, 0.1) is 18.8 Å². The van der Waals surface area contributed by atoms with Crippen LogP contribution < -0.4 is 0 Å². The lowest BCUT2D eigenvalue weighted by Gasteiger charge is -2.18. The first-order valence-corrected chi connectivity index (χ1v) is 6.44. The zero-order valence-electron chi connectivity index (χ0n) is 10.8. The lowest BCUT2D eigenvalue weighted by Crippen LogP contribution is -2.16. The molecule has 0 aromatic heterocycles. The fourth-order valence-corrected chi connectivity index (χ4v) is 2.52. The SMILES string of the molecule is C=Cc1ccccc1/C(=C\C)C1CCC(CO)O1. The van der Waals surface area contributed by atoms with Crippen molar-refractivity contribution in [2.24, 2.45) is 0 Å². The highest BCUT2D eigenvalue weighted by Gasteiger charge is 2.28. The number of hydrogen-bond acceptors (Lipinski definition) is 2. The van der Waals surface area contributed by atoms with Gasteiger partial charge in [-0.25, -0.2) is 0 Å². The van der Waals surface area contributed by atoms with Gasteiger partial charge in [0.25, 0.3) is 0 Å². The van der Waals surface area contributed by atoms with Crippen LogP contribution in [0, 0.1) is 0 Å². The van der Waals surface area contributed by atoms with Gasteiger partial charge in [-0.15, -0.1) is 0 Å². The predicted molar refractivity (Wildman–Crippen MR) is 75.2 cm³/mol. The molecule has 0 radical (unpaired) electrons. The van der Waals surface area contributed by atoms with Crippen LogP contribution in [-0.4, -0.2) is 23.9 Å². The van der Waals surface area contributed by atoms with Crippen LogP contribution in [0.25, 0.3) is 11.6 Å². The van der Waals surface area contributed by atoms with Crippen LogP contribution in [0.15, 0.2) is 36.9 Å². The van der Waals surface area contributed by atoms with Crippen LogP contribution in [0.4, 0.5) is 0 Å². The Balaban J connectivity index is 2.27. The third kappa shape index (κ3) is 2.55. The Morgan fingerprint density at radius 1 is 1.44 bits per heavy atom. The standard InChI is InChI=1S/C16H20O2/c1-3-12-7-5-6-8-15(12)14(4-2)16-10-9-13(11-17)18-16/h3-8,13,16-17H,1,9-11H2,2H3/b14-4+. The molecular weight excluding hydrogens is 224 g/mol. The summed E-state index contributed by atoms with van der Waals surface area (Å²) < 4.78 is 5.86. The maximum absolute atomic E-state index is 9.15. The van der Waals surface area contributed by atoms with Crippen molar-refractivity contribution >= 4 is 11.6 Å². The Morgan fingerprint density at radius 2 is 2.22 bits per heavy atom. The van der Waals surface area contributed by atoms with Gasteiger partial charge >= 0.3 is 0 Å². The summed E-state index contributed by atoms with van der Waals surface area (Å²) in [6, 6.07) is 8.20. The minimum Gasteiger partial charge on any atom is -0.394 e. The maximum atomic E-state index is 9.15. The monoisotopic (exact) mass is 244 g/mol. The van der Waals surface area contributed by atoms with E-state index in [0.717, 1.165) is 18.4 Å². The number of rotatable bonds is 4. The van der Waals surface area contributed by atoms with E-state index in [1.807, 2.05) is 25.1 Å². The highest BCUT2D eigenvalue weighted by Crippen LogP contribution is 2.32. The maximum Gasteiger partial charge on any atom is 0.0833 e. The van der Waals surface area contributed by atoms with E-state index in [1.54, 1.807) is 0 Å². The van der Waals surface area contributed by atoms with Crippen LogP contribution in [0.5, 0.6) is 0 Å². The second kappa shape index (κ2) is 5.98. The van der Waals surface area contributed by atoms with E-state index in [2.05, 4.69) is 24.8 Å². The molecule has 2 atom stereocenters. The molecule has 1 aliphatic heterocycles. The summed E-state index contributed by atoms with van der Waals surface area (Å²) in [4.78, 5) is 0. The molecule has 2 rings (SSSR count). The predicted octanol–water partition coefficient (Wildman–Crippen LogP) is 3.27. The molecular formula is C16H20O2. The molecule has 1 aliphatic rings. The number of aliphatic hydroxyl groups excluding tert-OH is 1. The number of allylic oxidation sites excluding steroid dienone is 1. The minimum absolute atomic E-state index is 0.0131. The number of ether oxygens (including phenoxy) is 1. The van der Waals surface area contributed by atoms with Crippen molar-refractivity contribution in [2.45, 2.75) is 32.0 Å². The van der Waals surface area contributed by atoms with E-state index in [1.165, 1.54) is 11.1 Å². The topological polar surface area (TPSA) is 29.5 Å². The van der Waals surface area contributed by atoms with Crippen molar-refractivity contribution in [2.75, 3.05) is 6.61 Å². The molecule has 1 fully saturated rings. The van der Waals surface area contributed by atoms with Gasteiger partial charge in [-0.05, 0) is 36.5 Å². The number of benzene rings is 1. The lowest BCUT2D eigenvalue weighted by atomic mass is 9.94.